The van der Waals surface area contributed by atoms with Crippen molar-refractivity contribution in [3.8, 4) is 27.9 Å². The Morgan fingerprint density at radius 2 is 1.13 bits per heavy atom. The third-order valence-electron chi connectivity index (χ3n) is 8.60. The summed E-state index contributed by atoms with van der Waals surface area (Å²) in [5, 5.41) is 5.09. The van der Waals surface area contributed by atoms with Crippen molar-refractivity contribution in [1.29, 1.82) is 0 Å². The van der Waals surface area contributed by atoms with Gasteiger partial charge in [-0.1, -0.05) is 111 Å². The number of fused-ring (bicyclic) bond motifs is 7. The van der Waals surface area contributed by atoms with Gasteiger partial charge in [-0.05, 0) is 69.1 Å². The highest BCUT2D eigenvalue weighted by Crippen LogP contribution is 2.49. The molecule has 1 aromatic heterocycles. The highest BCUT2D eigenvalue weighted by atomic mass is 15.0. The summed E-state index contributed by atoms with van der Waals surface area (Å²) in [7, 11) is 0. The normalized spacial score (nSPS) is 13.7. The highest BCUT2D eigenvalue weighted by molar-refractivity contribution is 6.11. The van der Waals surface area contributed by atoms with Crippen LogP contribution in [0.4, 0.5) is 0 Å². The van der Waals surface area contributed by atoms with Crippen LogP contribution in [0.3, 0.4) is 0 Å². The molecule has 6 aromatic carbocycles. The van der Waals surface area contributed by atoms with Crippen molar-refractivity contribution in [3.05, 3.63) is 139 Å². The molecular formula is C37H27N. The molecule has 1 heterocycles. The Labute approximate surface area is 222 Å². The summed E-state index contributed by atoms with van der Waals surface area (Å²) < 4.78 is 2.43. The minimum absolute atomic E-state index is 0.0281. The smallest absolute Gasteiger partial charge is 0.0541 e. The first kappa shape index (κ1) is 21.5. The fourth-order valence-corrected chi connectivity index (χ4v) is 6.72. The molecule has 0 unspecified atom stereocenters. The Hall–Kier alpha value is -4.62. The van der Waals surface area contributed by atoms with E-state index in [2.05, 4.69) is 146 Å². The largest absolute Gasteiger partial charge is 0.309 e. The van der Waals surface area contributed by atoms with Crippen molar-refractivity contribution in [2.75, 3.05) is 0 Å². The van der Waals surface area contributed by atoms with E-state index < -0.39 is 0 Å². The van der Waals surface area contributed by atoms with Crippen molar-refractivity contribution in [2.24, 2.45) is 0 Å². The molecule has 1 nitrogen and oxygen atoms in total. The van der Waals surface area contributed by atoms with Crippen molar-refractivity contribution in [2.45, 2.75) is 19.3 Å². The average molecular weight is 486 g/mol. The minimum atomic E-state index is 0.0281. The van der Waals surface area contributed by atoms with E-state index in [-0.39, 0.29) is 5.41 Å². The van der Waals surface area contributed by atoms with Gasteiger partial charge in [0.25, 0.3) is 0 Å². The van der Waals surface area contributed by atoms with Gasteiger partial charge in [0, 0.05) is 21.6 Å². The van der Waals surface area contributed by atoms with Crippen molar-refractivity contribution in [3.63, 3.8) is 0 Å². The lowest BCUT2D eigenvalue weighted by atomic mass is 9.82. The molecule has 180 valence electrons. The summed E-state index contributed by atoms with van der Waals surface area (Å²) in [6.07, 6.45) is 0. The van der Waals surface area contributed by atoms with Gasteiger partial charge >= 0.3 is 0 Å². The van der Waals surface area contributed by atoms with Crippen LogP contribution < -0.4 is 0 Å². The van der Waals surface area contributed by atoms with Gasteiger partial charge in [0.05, 0.1) is 16.7 Å². The van der Waals surface area contributed by atoms with Crippen LogP contribution in [0.5, 0.6) is 0 Å². The number of hydrogen-bond donors (Lipinski definition) is 0. The Kier molecular flexibility index (Phi) is 4.35. The first-order chi connectivity index (χ1) is 18.6. The molecule has 0 N–H and O–H groups in total. The fraction of sp³-hybridized carbons (Fsp3) is 0.0811. The first-order valence-electron chi connectivity index (χ1n) is 13.4. The van der Waals surface area contributed by atoms with E-state index in [0.29, 0.717) is 0 Å². The number of nitrogens with zero attached hydrogens (tertiary/aromatic N) is 1. The molecule has 0 amide bonds. The zero-order chi connectivity index (χ0) is 25.4. The summed E-state index contributed by atoms with van der Waals surface area (Å²) in [5.41, 5.74) is 11.8. The Bertz CT molecular complexity index is 2050. The lowest BCUT2D eigenvalue weighted by Gasteiger charge is -2.21. The summed E-state index contributed by atoms with van der Waals surface area (Å²) in [5.74, 6) is 0. The zero-order valence-electron chi connectivity index (χ0n) is 21.6. The predicted octanol–water partition coefficient (Wildman–Crippen LogP) is 9.91. The molecule has 38 heavy (non-hydrogen) atoms. The van der Waals surface area contributed by atoms with Crippen molar-refractivity contribution < 1.29 is 0 Å². The molecular weight excluding hydrogens is 458 g/mol. The number of aromatic nitrogens is 1. The van der Waals surface area contributed by atoms with Gasteiger partial charge in [0.15, 0.2) is 0 Å². The molecule has 1 aliphatic rings. The van der Waals surface area contributed by atoms with Crippen LogP contribution in [-0.4, -0.2) is 4.57 Å². The Morgan fingerprint density at radius 3 is 2.05 bits per heavy atom. The number of rotatable bonds is 2. The summed E-state index contributed by atoms with van der Waals surface area (Å²) in [6, 6.07) is 46.9. The molecule has 0 radical (unpaired) electrons. The maximum absolute atomic E-state index is 2.43. The van der Waals surface area contributed by atoms with E-state index in [1.165, 1.54) is 71.6 Å². The zero-order valence-corrected chi connectivity index (χ0v) is 21.6. The van der Waals surface area contributed by atoms with Crippen LogP contribution in [-0.2, 0) is 5.41 Å². The topological polar surface area (TPSA) is 4.93 Å². The third kappa shape index (κ3) is 2.87. The molecule has 0 fully saturated rings. The van der Waals surface area contributed by atoms with Gasteiger partial charge in [-0.15, -0.1) is 0 Å². The second-order valence-electron chi connectivity index (χ2n) is 11.0. The molecule has 7 aromatic rings. The van der Waals surface area contributed by atoms with Gasteiger partial charge in [0.1, 0.15) is 0 Å². The third-order valence-corrected chi connectivity index (χ3v) is 8.60. The molecule has 1 heteroatoms. The van der Waals surface area contributed by atoms with Crippen molar-refractivity contribution in [1.82, 2.24) is 4.57 Å². The molecule has 1 aliphatic carbocycles. The standard InChI is InChI=1S/C37H27N/c1-37(2)32-15-7-5-13-28(32)30-22-25(18-20-33(30)37)26-19-21-36-31(23-26)29-14-6-8-16-35(29)38(36)34-17-9-11-24-10-3-4-12-27(24)34/h3-23H,1-2H3. The SMILES string of the molecule is CC1(C)c2ccccc2-c2cc(-c3ccc4c(c3)c3ccccc3n4-c3cccc4ccccc34)ccc21. The monoisotopic (exact) mass is 485 g/mol. The van der Waals surface area contributed by atoms with Gasteiger partial charge in [-0.25, -0.2) is 0 Å². The maximum atomic E-state index is 2.43. The lowest BCUT2D eigenvalue weighted by Crippen LogP contribution is -2.14. The van der Waals surface area contributed by atoms with Crippen LogP contribution in [0.2, 0.25) is 0 Å². The maximum Gasteiger partial charge on any atom is 0.0541 e. The summed E-state index contributed by atoms with van der Waals surface area (Å²) in [6.45, 7) is 4.68. The van der Waals surface area contributed by atoms with Crippen molar-refractivity contribution >= 4 is 32.6 Å². The van der Waals surface area contributed by atoms with E-state index in [4.69, 9.17) is 0 Å². The van der Waals surface area contributed by atoms with E-state index in [9.17, 15) is 0 Å². The van der Waals surface area contributed by atoms with E-state index >= 15 is 0 Å². The number of benzene rings is 6. The van der Waals surface area contributed by atoms with Gasteiger partial charge < -0.3 is 4.57 Å². The Balaban J connectivity index is 1.36. The van der Waals surface area contributed by atoms with Crippen LogP contribution >= 0.6 is 0 Å². The molecule has 0 saturated heterocycles. The van der Waals surface area contributed by atoms with Crippen LogP contribution in [0.1, 0.15) is 25.0 Å². The second kappa shape index (κ2) is 7.69. The lowest BCUT2D eigenvalue weighted by molar-refractivity contribution is 0.660. The molecule has 0 bridgehead atoms. The fourth-order valence-electron chi connectivity index (χ4n) is 6.72. The van der Waals surface area contributed by atoms with E-state index in [1.807, 2.05) is 0 Å². The molecule has 0 aliphatic heterocycles. The van der Waals surface area contributed by atoms with Gasteiger partial charge in [-0.2, -0.15) is 0 Å². The molecule has 0 atom stereocenters. The number of para-hydroxylation sites is 1. The van der Waals surface area contributed by atoms with Crippen LogP contribution in [0.15, 0.2) is 127 Å². The van der Waals surface area contributed by atoms with Crippen LogP contribution in [0, 0.1) is 0 Å². The molecule has 0 spiro atoms. The Morgan fingerprint density at radius 1 is 0.474 bits per heavy atom. The second-order valence-corrected chi connectivity index (χ2v) is 11.0. The predicted molar refractivity (Wildman–Crippen MR) is 161 cm³/mol. The van der Waals surface area contributed by atoms with E-state index in [0.717, 1.165) is 0 Å². The summed E-state index contributed by atoms with van der Waals surface area (Å²) >= 11 is 0. The first-order valence-corrected chi connectivity index (χ1v) is 13.4. The molecule has 0 saturated carbocycles. The number of hydrogen-bond acceptors (Lipinski definition) is 0. The molecule has 8 rings (SSSR count). The van der Waals surface area contributed by atoms with E-state index in [1.54, 1.807) is 0 Å². The highest BCUT2D eigenvalue weighted by Gasteiger charge is 2.35. The quantitative estimate of drug-likeness (QED) is 0.230. The summed E-state index contributed by atoms with van der Waals surface area (Å²) in [4.78, 5) is 0. The van der Waals surface area contributed by atoms with Gasteiger partial charge in [0.2, 0.25) is 0 Å². The average Bonchev–Trinajstić information content (AvgIpc) is 3.41. The van der Waals surface area contributed by atoms with Gasteiger partial charge in [-0.3, -0.25) is 0 Å². The minimum Gasteiger partial charge on any atom is -0.309 e. The van der Waals surface area contributed by atoms with Crippen LogP contribution in [0.25, 0.3) is 60.5 Å².